The van der Waals surface area contributed by atoms with Crippen molar-refractivity contribution in [3.63, 3.8) is 0 Å². The molecule has 2 unspecified atom stereocenters. The molecule has 0 saturated carbocycles. The minimum absolute atomic E-state index is 0.426. The summed E-state index contributed by atoms with van der Waals surface area (Å²) in [5.74, 6) is 0.650. The normalized spacial score (nSPS) is 19.4. The first kappa shape index (κ1) is 11.0. The maximum Gasteiger partial charge on any atom is 0.0622 e. The molecule has 0 aliphatic heterocycles. The van der Waals surface area contributed by atoms with Gasteiger partial charge >= 0.3 is 0 Å². The highest BCUT2D eigenvalue weighted by molar-refractivity contribution is 4.73. The van der Waals surface area contributed by atoms with E-state index in [0.717, 1.165) is 19.3 Å². The number of aliphatic hydroxyl groups is 1. The fourth-order valence-corrected chi connectivity index (χ4v) is 1.54. The molecule has 0 amide bonds. The van der Waals surface area contributed by atoms with Crippen molar-refractivity contribution in [1.29, 1.82) is 0 Å². The van der Waals surface area contributed by atoms with E-state index in [-0.39, 0.29) is 0 Å². The van der Waals surface area contributed by atoms with E-state index in [9.17, 15) is 5.11 Å². The third-order valence-electron chi connectivity index (χ3n) is 2.27. The van der Waals surface area contributed by atoms with Gasteiger partial charge in [0.25, 0.3) is 0 Å². The van der Waals surface area contributed by atoms with Crippen LogP contribution in [0, 0.1) is 5.92 Å². The zero-order valence-electron chi connectivity index (χ0n) is 8.35. The summed E-state index contributed by atoms with van der Waals surface area (Å²) in [6, 6.07) is 0. The molecule has 0 heterocycles. The van der Waals surface area contributed by atoms with Gasteiger partial charge in [-0.3, -0.25) is 0 Å². The van der Waals surface area contributed by atoms with Gasteiger partial charge in [0.1, 0.15) is 0 Å². The summed E-state index contributed by atoms with van der Waals surface area (Å²) in [6.07, 6.45) is 4.11. The summed E-state index contributed by atoms with van der Waals surface area (Å²) >= 11 is 0. The molecule has 0 rings (SSSR count). The molecule has 0 aliphatic carbocycles. The quantitative estimate of drug-likeness (QED) is 0.652. The maximum absolute atomic E-state index is 9.82. The Morgan fingerprint density at radius 1 is 1.36 bits per heavy atom. The van der Waals surface area contributed by atoms with Gasteiger partial charge in [-0.15, -0.1) is 0 Å². The highest BCUT2D eigenvalue weighted by atomic mass is 16.3. The fourth-order valence-electron chi connectivity index (χ4n) is 1.54. The van der Waals surface area contributed by atoms with Gasteiger partial charge in [-0.2, -0.15) is 0 Å². The molecule has 1 heteroatoms. The molecule has 68 valence electrons. The Morgan fingerprint density at radius 3 is 2.27 bits per heavy atom. The average Bonchev–Trinajstić information content (AvgIpc) is 1.86. The van der Waals surface area contributed by atoms with Crippen molar-refractivity contribution < 1.29 is 5.11 Å². The average molecular weight is 158 g/mol. The van der Waals surface area contributed by atoms with E-state index in [2.05, 4.69) is 20.8 Å². The molecule has 0 aliphatic rings. The lowest BCUT2D eigenvalue weighted by atomic mass is 9.88. The monoisotopic (exact) mass is 158 g/mol. The first-order valence-corrected chi connectivity index (χ1v) is 4.74. The van der Waals surface area contributed by atoms with Crippen LogP contribution in [0.5, 0.6) is 0 Å². The lowest BCUT2D eigenvalue weighted by Crippen LogP contribution is -2.26. The lowest BCUT2D eigenvalue weighted by molar-refractivity contribution is 0.0265. The zero-order valence-corrected chi connectivity index (χ0v) is 8.35. The van der Waals surface area contributed by atoms with Crippen molar-refractivity contribution in [3.8, 4) is 0 Å². The second-order valence-electron chi connectivity index (χ2n) is 3.96. The Labute approximate surface area is 70.8 Å². The smallest absolute Gasteiger partial charge is 0.0622 e. The minimum atomic E-state index is -0.426. The standard InChI is InChI=1S/C10H22O/c1-5-7-10(4,11)8-9(3)6-2/h9,11H,5-8H2,1-4H3. The predicted octanol–water partition coefficient (Wildman–Crippen LogP) is 2.97. The Balaban J connectivity index is 3.70. The molecule has 0 aromatic rings. The van der Waals surface area contributed by atoms with Crippen LogP contribution in [0.1, 0.15) is 53.4 Å². The largest absolute Gasteiger partial charge is 0.390 e. The summed E-state index contributed by atoms with van der Waals surface area (Å²) in [4.78, 5) is 0. The Morgan fingerprint density at radius 2 is 1.91 bits per heavy atom. The molecule has 0 bridgehead atoms. The molecule has 0 radical (unpaired) electrons. The van der Waals surface area contributed by atoms with E-state index in [0.29, 0.717) is 5.92 Å². The maximum atomic E-state index is 9.82. The van der Waals surface area contributed by atoms with E-state index in [1.807, 2.05) is 6.92 Å². The lowest BCUT2D eigenvalue weighted by Gasteiger charge is -2.25. The Hall–Kier alpha value is -0.0400. The van der Waals surface area contributed by atoms with Gasteiger partial charge < -0.3 is 5.11 Å². The van der Waals surface area contributed by atoms with E-state index in [4.69, 9.17) is 0 Å². The number of hydrogen-bond acceptors (Lipinski definition) is 1. The van der Waals surface area contributed by atoms with E-state index in [1.165, 1.54) is 6.42 Å². The van der Waals surface area contributed by atoms with Crippen molar-refractivity contribution in [1.82, 2.24) is 0 Å². The van der Waals surface area contributed by atoms with Crippen molar-refractivity contribution >= 4 is 0 Å². The van der Waals surface area contributed by atoms with Gasteiger partial charge in [0.05, 0.1) is 5.60 Å². The van der Waals surface area contributed by atoms with Gasteiger partial charge in [0.2, 0.25) is 0 Å². The predicted molar refractivity (Wildman–Crippen MR) is 49.6 cm³/mol. The van der Waals surface area contributed by atoms with E-state index in [1.54, 1.807) is 0 Å². The summed E-state index contributed by atoms with van der Waals surface area (Å²) in [6.45, 7) is 8.44. The van der Waals surface area contributed by atoms with Crippen molar-refractivity contribution in [3.05, 3.63) is 0 Å². The highest BCUT2D eigenvalue weighted by Gasteiger charge is 2.20. The Bertz CT molecular complexity index is 97.0. The molecule has 0 spiro atoms. The molecule has 1 nitrogen and oxygen atoms in total. The molecule has 0 aromatic carbocycles. The first-order valence-electron chi connectivity index (χ1n) is 4.74. The molecule has 11 heavy (non-hydrogen) atoms. The fraction of sp³-hybridized carbons (Fsp3) is 1.00. The van der Waals surface area contributed by atoms with Gasteiger partial charge in [0, 0.05) is 0 Å². The van der Waals surface area contributed by atoms with Crippen LogP contribution in [0.4, 0.5) is 0 Å². The Kier molecular flexibility index (Phi) is 4.74. The van der Waals surface area contributed by atoms with Crippen LogP contribution in [0.15, 0.2) is 0 Å². The third-order valence-corrected chi connectivity index (χ3v) is 2.27. The topological polar surface area (TPSA) is 20.2 Å². The zero-order chi connectivity index (χ0) is 8.91. The van der Waals surface area contributed by atoms with Crippen LogP contribution in [0.2, 0.25) is 0 Å². The molecule has 2 atom stereocenters. The number of hydrogen-bond donors (Lipinski definition) is 1. The number of rotatable bonds is 5. The molecular formula is C10H22O. The third kappa shape index (κ3) is 5.25. The van der Waals surface area contributed by atoms with Gasteiger partial charge in [-0.25, -0.2) is 0 Å². The second-order valence-corrected chi connectivity index (χ2v) is 3.96. The van der Waals surface area contributed by atoms with Crippen LogP contribution < -0.4 is 0 Å². The first-order chi connectivity index (χ1) is 5.02. The van der Waals surface area contributed by atoms with Crippen LogP contribution in [0.25, 0.3) is 0 Å². The molecule has 1 N–H and O–H groups in total. The molecular weight excluding hydrogens is 136 g/mol. The molecule has 0 fully saturated rings. The summed E-state index contributed by atoms with van der Waals surface area (Å²) in [5, 5.41) is 9.82. The van der Waals surface area contributed by atoms with Gasteiger partial charge in [0.15, 0.2) is 0 Å². The minimum Gasteiger partial charge on any atom is -0.390 e. The van der Waals surface area contributed by atoms with E-state index < -0.39 is 5.60 Å². The van der Waals surface area contributed by atoms with Gasteiger partial charge in [-0.05, 0) is 25.7 Å². The molecule has 0 saturated heterocycles. The van der Waals surface area contributed by atoms with Crippen LogP contribution >= 0.6 is 0 Å². The van der Waals surface area contributed by atoms with Crippen LogP contribution in [0.3, 0.4) is 0 Å². The van der Waals surface area contributed by atoms with Crippen LogP contribution in [-0.4, -0.2) is 10.7 Å². The summed E-state index contributed by atoms with van der Waals surface area (Å²) in [7, 11) is 0. The van der Waals surface area contributed by atoms with Gasteiger partial charge in [-0.1, -0.05) is 33.6 Å². The highest BCUT2D eigenvalue weighted by Crippen LogP contribution is 2.22. The molecule has 0 aromatic heterocycles. The second kappa shape index (κ2) is 4.76. The van der Waals surface area contributed by atoms with Crippen molar-refractivity contribution in [2.75, 3.05) is 0 Å². The van der Waals surface area contributed by atoms with Crippen LogP contribution in [-0.2, 0) is 0 Å². The SMILES string of the molecule is CCCC(C)(O)CC(C)CC. The van der Waals surface area contributed by atoms with Crippen molar-refractivity contribution in [2.45, 2.75) is 59.0 Å². The van der Waals surface area contributed by atoms with Crippen molar-refractivity contribution in [2.24, 2.45) is 5.92 Å². The summed E-state index contributed by atoms with van der Waals surface area (Å²) < 4.78 is 0. The summed E-state index contributed by atoms with van der Waals surface area (Å²) in [5.41, 5.74) is -0.426. The van der Waals surface area contributed by atoms with E-state index >= 15 is 0 Å².